The van der Waals surface area contributed by atoms with Gasteiger partial charge in [-0.2, -0.15) is 0 Å². The van der Waals surface area contributed by atoms with Crippen LogP contribution in [0.3, 0.4) is 0 Å². The van der Waals surface area contributed by atoms with Gasteiger partial charge in [-0.05, 0) is 12.0 Å². The smallest absolute Gasteiger partial charge is 0.231 e. The zero-order chi connectivity index (χ0) is 16.7. The van der Waals surface area contributed by atoms with Gasteiger partial charge in [-0.15, -0.1) is 0 Å². The SMILES string of the molecule is [2H]C([2H])(Cc1ccccc1)N(CCN1CCOCC1)CC(N)=O. The predicted octanol–water partition coefficient (Wildman–Crippen LogP) is 0.349. The number of carbonyl (C=O) groups excluding carboxylic acids is 1. The number of aryl methyl sites for hydroxylation is 1. The van der Waals surface area contributed by atoms with Gasteiger partial charge in [0.05, 0.1) is 19.8 Å². The van der Waals surface area contributed by atoms with Crippen LogP contribution >= 0.6 is 0 Å². The van der Waals surface area contributed by atoms with Crippen molar-refractivity contribution >= 4 is 5.91 Å². The van der Waals surface area contributed by atoms with Crippen LogP contribution in [0.5, 0.6) is 0 Å². The molecule has 5 heteroatoms. The Bertz CT molecular complexity index is 493. The van der Waals surface area contributed by atoms with E-state index in [9.17, 15) is 4.79 Å². The first-order valence-corrected chi connectivity index (χ1v) is 7.35. The zero-order valence-electron chi connectivity index (χ0n) is 14.3. The molecule has 1 aliphatic heterocycles. The summed E-state index contributed by atoms with van der Waals surface area (Å²) >= 11 is 0. The lowest BCUT2D eigenvalue weighted by Crippen LogP contribution is -2.44. The van der Waals surface area contributed by atoms with Gasteiger partial charge >= 0.3 is 0 Å². The Morgan fingerprint density at radius 1 is 1.33 bits per heavy atom. The predicted molar refractivity (Wildman–Crippen MR) is 83.0 cm³/mol. The summed E-state index contributed by atoms with van der Waals surface area (Å²) in [6.45, 7) is 2.54. The Morgan fingerprint density at radius 3 is 2.71 bits per heavy atom. The molecule has 1 aromatic rings. The molecule has 1 saturated heterocycles. The fourth-order valence-electron chi connectivity index (χ4n) is 2.29. The number of hydrogen-bond acceptors (Lipinski definition) is 4. The lowest BCUT2D eigenvalue weighted by Gasteiger charge is -2.29. The van der Waals surface area contributed by atoms with E-state index in [1.807, 2.05) is 30.3 Å². The first-order valence-electron chi connectivity index (χ1n) is 8.35. The van der Waals surface area contributed by atoms with Gasteiger partial charge in [0, 0.05) is 35.4 Å². The molecule has 0 unspecified atom stereocenters. The van der Waals surface area contributed by atoms with Crippen LogP contribution in [-0.4, -0.2) is 68.1 Å². The van der Waals surface area contributed by atoms with E-state index in [0.29, 0.717) is 26.3 Å². The van der Waals surface area contributed by atoms with Crippen molar-refractivity contribution in [2.75, 3.05) is 52.4 Å². The van der Waals surface area contributed by atoms with Gasteiger partial charge in [0.15, 0.2) is 0 Å². The quantitative estimate of drug-likeness (QED) is 0.751. The molecule has 0 radical (unpaired) electrons. The number of nitrogens with two attached hydrogens (primary N) is 1. The van der Waals surface area contributed by atoms with Crippen LogP contribution in [0.4, 0.5) is 0 Å². The van der Waals surface area contributed by atoms with E-state index in [4.69, 9.17) is 13.2 Å². The second-order valence-electron chi connectivity index (χ2n) is 5.16. The van der Waals surface area contributed by atoms with Crippen LogP contribution in [0.25, 0.3) is 0 Å². The van der Waals surface area contributed by atoms with E-state index in [1.54, 1.807) is 0 Å². The van der Waals surface area contributed by atoms with Gasteiger partial charge in [-0.3, -0.25) is 14.6 Å². The first-order chi connectivity index (χ1) is 11.0. The summed E-state index contributed by atoms with van der Waals surface area (Å²) in [6, 6.07) is 9.46. The summed E-state index contributed by atoms with van der Waals surface area (Å²) in [5.74, 6) is -0.510. The fraction of sp³-hybridized carbons (Fsp3) is 0.562. The van der Waals surface area contributed by atoms with Crippen LogP contribution in [0, 0.1) is 0 Å². The molecule has 0 bridgehead atoms. The summed E-state index contributed by atoms with van der Waals surface area (Å²) in [4.78, 5) is 15.1. The number of amides is 1. The number of nitrogens with zero attached hydrogens (tertiary/aromatic N) is 2. The molecule has 1 aromatic carbocycles. The maximum Gasteiger partial charge on any atom is 0.231 e. The van der Waals surface area contributed by atoms with Crippen LogP contribution in [0.1, 0.15) is 8.30 Å². The van der Waals surface area contributed by atoms with E-state index in [0.717, 1.165) is 18.7 Å². The van der Waals surface area contributed by atoms with Gasteiger partial charge in [0.25, 0.3) is 0 Å². The summed E-state index contributed by atoms with van der Waals surface area (Å²) in [7, 11) is 0. The molecule has 21 heavy (non-hydrogen) atoms. The highest BCUT2D eigenvalue weighted by molar-refractivity contribution is 5.75. The largest absolute Gasteiger partial charge is 0.379 e. The average molecular weight is 293 g/mol. The Hall–Kier alpha value is -1.43. The molecule has 5 nitrogen and oxygen atoms in total. The monoisotopic (exact) mass is 293 g/mol. The highest BCUT2D eigenvalue weighted by Gasteiger charge is 2.13. The van der Waals surface area contributed by atoms with Crippen molar-refractivity contribution in [1.82, 2.24) is 9.80 Å². The third-order valence-corrected chi connectivity index (χ3v) is 3.49. The van der Waals surface area contributed by atoms with E-state index < -0.39 is 12.4 Å². The van der Waals surface area contributed by atoms with Gasteiger partial charge < -0.3 is 10.5 Å². The molecule has 2 rings (SSSR count). The summed E-state index contributed by atoms with van der Waals surface area (Å²) in [5, 5.41) is 0. The lowest BCUT2D eigenvalue weighted by atomic mass is 10.1. The van der Waals surface area contributed by atoms with E-state index in [2.05, 4.69) is 4.90 Å². The molecule has 0 spiro atoms. The van der Waals surface area contributed by atoms with Gasteiger partial charge in [0.1, 0.15) is 0 Å². The second kappa shape index (κ2) is 8.77. The van der Waals surface area contributed by atoms with Gasteiger partial charge in [0.2, 0.25) is 5.91 Å². The standard InChI is InChI=1S/C16H25N3O2/c17-16(20)14-19(7-6-15-4-2-1-3-5-15)9-8-18-10-12-21-13-11-18/h1-5H,6-14H2,(H2,17,20)/i7D2. The average Bonchev–Trinajstić information content (AvgIpc) is 2.52. The Balaban J connectivity index is 1.98. The lowest BCUT2D eigenvalue weighted by molar-refractivity contribution is -0.119. The molecule has 0 aromatic heterocycles. The van der Waals surface area contributed by atoms with Crippen molar-refractivity contribution in [3.8, 4) is 0 Å². The van der Waals surface area contributed by atoms with Crippen molar-refractivity contribution in [2.45, 2.75) is 6.42 Å². The normalized spacial score (nSPS) is 18.3. The molecule has 1 fully saturated rings. The minimum Gasteiger partial charge on any atom is -0.379 e. The van der Waals surface area contributed by atoms with Gasteiger partial charge in [-0.1, -0.05) is 30.3 Å². The molecule has 0 aliphatic carbocycles. The minimum absolute atomic E-state index is 0.0792. The van der Waals surface area contributed by atoms with Crippen molar-refractivity contribution in [3.05, 3.63) is 35.9 Å². The maximum absolute atomic E-state index is 11.3. The molecule has 1 amide bonds. The van der Waals surface area contributed by atoms with Crippen LogP contribution in [0.2, 0.25) is 0 Å². The van der Waals surface area contributed by atoms with E-state index in [1.165, 1.54) is 4.90 Å². The summed E-state index contributed by atoms with van der Waals surface area (Å²) in [6.07, 6.45) is 0.226. The molecule has 0 saturated carbocycles. The van der Waals surface area contributed by atoms with Crippen molar-refractivity contribution in [2.24, 2.45) is 5.73 Å². The first kappa shape index (κ1) is 13.2. The number of hydrogen-bond donors (Lipinski definition) is 1. The number of ether oxygens (including phenoxy) is 1. The molecule has 0 atom stereocenters. The third-order valence-electron chi connectivity index (χ3n) is 3.49. The highest BCUT2D eigenvalue weighted by Crippen LogP contribution is 2.03. The zero-order valence-corrected chi connectivity index (χ0v) is 12.3. The van der Waals surface area contributed by atoms with Crippen LogP contribution in [0.15, 0.2) is 30.3 Å². The molecule has 2 N–H and O–H groups in total. The maximum atomic E-state index is 11.3. The molecule has 1 aliphatic rings. The Kier molecular flexibility index (Phi) is 5.53. The minimum atomic E-state index is -1.62. The molecular weight excluding hydrogens is 266 g/mol. The van der Waals surface area contributed by atoms with E-state index >= 15 is 0 Å². The number of rotatable bonds is 8. The fourth-order valence-corrected chi connectivity index (χ4v) is 2.29. The second-order valence-corrected chi connectivity index (χ2v) is 5.16. The summed E-state index contributed by atoms with van der Waals surface area (Å²) in [5.41, 5.74) is 6.21. The molecule has 1 heterocycles. The Morgan fingerprint density at radius 2 is 2.05 bits per heavy atom. The van der Waals surface area contributed by atoms with Crippen molar-refractivity contribution in [3.63, 3.8) is 0 Å². The summed E-state index contributed by atoms with van der Waals surface area (Å²) < 4.78 is 22.1. The topological polar surface area (TPSA) is 58.8 Å². The van der Waals surface area contributed by atoms with Crippen molar-refractivity contribution < 1.29 is 12.3 Å². The number of morpholine rings is 1. The number of primary amides is 1. The highest BCUT2D eigenvalue weighted by atomic mass is 16.5. The van der Waals surface area contributed by atoms with Crippen LogP contribution in [-0.2, 0) is 16.0 Å². The van der Waals surface area contributed by atoms with Crippen LogP contribution < -0.4 is 5.73 Å². The van der Waals surface area contributed by atoms with Gasteiger partial charge in [-0.25, -0.2) is 0 Å². The number of carbonyl (C=O) groups is 1. The molecule has 116 valence electrons. The third kappa shape index (κ3) is 6.25. The number of benzene rings is 1. The Labute approximate surface area is 129 Å². The van der Waals surface area contributed by atoms with Crippen molar-refractivity contribution in [1.29, 1.82) is 0 Å². The molecular formula is C16H25N3O2. The van der Waals surface area contributed by atoms with E-state index in [-0.39, 0.29) is 13.0 Å².